The van der Waals surface area contributed by atoms with E-state index in [-0.39, 0.29) is 5.91 Å². The van der Waals surface area contributed by atoms with E-state index in [1.165, 1.54) is 5.69 Å². The first kappa shape index (κ1) is 17.5. The van der Waals surface area contributed by atoms with Crippen LogP contribution >= 0.6 is 0 Å². The molecule has 0 aliphatic carbocycles. The summed E-state index contributed by atoms with van der Waals surface area (Å²) < 4.78 is 5.45. The van der Waals surface area contributed by atoms with Gasteiger partial charge in [-0.05, 0) is 47.9 Å². The zero-order valence-corrected chi connectivity index (χ0v) is 16.6. The molecule has 2 aliphatic rings. The van der Waals surface area contributed by atoms with Crippen LogP contribution in [0.3, 0.4) is 0 Å². The molecule has 2 aliphatic heterocycles. The molecule has 0 spiro atoms. The van der Waals surface area contributed by atoms with Gasteiger partial charge in [0.2, 0.25) is 0 Å². The quantitative estimate of drug-likeness (QED) is 0.542. The minimum Gasteiger partial charge on any atom is -0.378 e. The highest BCUT2D eigenvalue weighted by Crippen LogP contribution is 2.32. The Bertz CT molecular complexity index is 1270. The normalized spacial score (nSPS) is 16.7. The standard InChI is InChI=1S/C24H22N4O2/c29-24-19-13-22-20(11-16(19)5-6-25-24)21-12-17(14-26-23(21)27-22)15-1-3-18(4-2-15)28-7-9-30-10-8-28/h1-4,11-14H,5-10H2,(H,25,29)(H,26,27). The van der Waals surface area contributed by atoms with E-state index in [0.29, 0.717) is 6.54 Å². The minimum atomic E-state index is 0.00538. The number of aromatic nitrogens is 2. The zero-order chi connectivity index (χ0) is 20.1. The van der Waals surface area contributed by atoms with Gasteiger partial charge in [-0.2, -0.15) is 0 Å². The summed E-state index contributed by atoms with van der Waals surface area (Å²) in [6, 6.07) is 15.0. The second-order valence-electron chi connectivity index (χ2n) is 7.95. The molecule has 2 N–H and O–H groups in total. The molecule has 4 heterocycles. The third-order valence-electron chi connectivity index (χ3n) is 6.18. The number of benzene rings is 2. The van der Waals surface area contributed by atoms with Crippen LogP contribution in [-0.4, -0.2) is 48.7 Å². The van der Waals surface area contributed by atoms with Crippen LogP contribution in [0, 0.1) is 0 Å². The number of amides is 1. The molecule has 0 unspecified atom stereocenters. The number of pyridine rings is 1. The lowest BCUT2D eigenvalue weighted by Crippen LogP contribution is -2.36. The van der Waals surface area contributed by atoms with Gasteiger partial charge in [0.15, 0.2) is 0 Å². The van der Waals surface area contributed by atoms with Gasteiger partial charge in [-0.25, -0.2) is 4.98 Å². The number of rotatable bonds is 2. The van der Waals surface area contributed by atoms with Gasteiger partial charge in [0.1, 0.15) is 5.65 Å². The Labute approximate surface area is 173 Å². The van der Waals surface area contributed by atoms with Crippen molar-refractivity contribution in [2.45, 2.75) is 6.42 Å². The van der Waals surface area contributed by atoms with Crippen molar-refractivity contribution >= 4 is 33.5 Å². The molecule has 6 heteroatoms. The Balaban J connectivity index is 1.40. The van der Waals surface area contributed by atoms with Gasteiger partial charge in [-0.3, -0.25) is 4.79 Å². The Morgan fingerprint density at radius 3 is 2.63 bits per heavy atom. The first-order valence-corrected chi connectivity index (χ1v) is 10.4. The van der Waals surface area contributed by atoms with Crippen LogP contribution in [0.1, 0.15) is 15.9 Å². The highest BCUT2D eigenvalue weighted by Gasteiger charge is 2.19. The van der Waals surface area contributed by atoms with Crippen LogP contribution in [0.4, 0.5) is 5.69 Å². The van der Waals surface area contributed by atoms with E-state index >= 15 is 0 Å². The molecule has 0 radical (unpaired) electrons. The first-order valence-electron chi connectivity index (χ1n) is 10.4. The molecule has 2 aromatic heterocycles. The zero-order valence-electron chi connectivity index (χ0n) is 16.6. The van der Waals surface area contributed by atoms with Gasteiger partial charge in [-0.1, -0.05) is 12.1 Å². The molecule has 1 amide bonds. The number of morpholine rings is 1. The van der Waals surface area contributed by atoms with Crippen LogP contribution in [0.15, 0.2) is 48.7 Å². The van der Waals surface area contributed by atoms with Crippen LogP contribution in [0.2, 0.25) is 0 Å². The molecule has 0 atom stereocenters. The molecule has 1 fully saturated rings. The molecule has 4 aromatic rings. The van der Waals surface area contributed by atoms with Gasteiger partial charge < -0.3 is 19.9 Å². The second kappa shape index (κ2) is 6.85. The third kappa shape index (κ3) is 2.83. The molecule has 2 aromatic carbocycles. The van der Waals surface area contributed by atoms with Crippen molar-refractivity contribution in [3.8, 4) is 11.1 Å². The number of fused-ring (bicyclic) bond motifs is 4. The topological polar surface area (TPSA) is 70.2 Å². The Morgan fingerprint density at radius 2 is 1.80 bits per heavy atom. The summed E-state index contributed by atoms with van der Waals surface area (Å²) in [6.07, 6.45) is 2.77. The average Bonchev–Trinajstić information content (AvgIpc) is 3.16. The molecule has 30 heavy (non-hydrogen) atoms. The van der Waals surface area contributed by atoms with Gasteiger partial charge in [0.05, 0.1) is 13.2 Å². The Morgan fingerprint density at radius 1 is 0.967 bits per heavy atom. The molecular formula is C24H22N4O2. The molecule has 0 bridgehead atoms. The first-order chi connectivity index (χ1) is 14.8. The maximum atomic E-state index is 12.2. The molecule has 0 saturated carbocycles. The van der Waals surface area contributed by atoms with Crippen molar-refractivity contribution < 1.29 is 9.53 Å². The summed E-state index contributed by atoms with van der Waals surface area (Å²) in [4.78, 5) is 22.6. The monoisotopic (exact) mass is 398 g/mol. The van der Waals surface area contributed by atoms with Crippen LogP contribution in [-0.2, 0) is 11.2 Å². The molecule has 6 rings (SSSR count). The summed E-state index contributed by atoms with van der Waals surface area (Å²) >= 11 is 0. The van der Waals surface area contributed by atoms with E-state index < -0.39 is 0 Å². The van der Waals surface area contributed by atoms with E-state index in [4.69, 9.17) is 4.74 Å². The summed E-state index contributed by atoms with van der Waals surface area (Å²) in [5.74, 6) is 0.00538. The van der Waals surface area contributed by atoms with Crippen LogP contribution in [0.5, 0.6) is 0 Å². The smallest absolute Gasteiger partial charge is 0.251 e. The predicted octanol–water partition coefficient (Wildman–Crippen LogP) is 3.51. The van der Waals surface area contributed by atoms with Crippen molar-refractivity contribution in [3.05, 3.63) is 59.8 Å². The van der Waals surface area contributed by atoms with Gasteiger partial charge in [0, 0.05) is 58.9 Å². The van der Waals surface area contributed by atoms with Crippen LogP contribution in [0.25, 0.3) is 33.1 Å². The highest BCUT2D eigenvalue weighted by molar-refractivity contribution is 6.10. The number of nitrogens with zero attached hydrogens (tertiary/aromatic N) is 2. The third-order valence-corrected chi connectivity index (χ3v) is 6.18. The highest BCUT2D eigenvalue weighted by atomic mass is 16.5. The van der Waals surface area contributed by atoms with Crippen molar-refractivity contribution in [3.63, 3.8) is 0 Å². The number of anilines is 1. The van der Waals surface area contributed by atoms with E-state index in [1.54, 1.807) is 0 Å². The number of carbonyl (C=O) groups is 1. The number of hydrogen-bond donors (Lipinski definition) is 2. The average molecular weight is 398 g/mol. The van der Waals surface area contributed by atoms with Crippen LogP contribution < -0.4 is 10.2 Å². The number of H-pyrrole nitrogens is 1. The SMILES string of the molecule is O=C1NCCc2cc3c(cc21)[nH]c1ncc(-c2ccc(N4CCOCC4)cc2)cc13. The van der Waals surface area contributed by atoms with E-state index in [1.807, 2.05) is 12.3 Å². The number of ether oxygens (including phenoxy) is 1. The molecule has 6 nitrogen and oxygen atoms in total. The van der Waals surface area contributed by atoms with Crippen molar-refractivity contribution in [2.24, 2.45) is 0 Å². The van der Waals surface area contributed by atoms with Crippen molar-refractivity contribution in [1.82, 2.24) is 15.3 Å². The molecular weight excluding hydrogens is 376 g/mol. The van der Waals surface area contributed by atoms with Gasteiger partial charge in [-0.15, -0.1) is 0 Å². The lowest BCUT2D eigenvalue weighted by molar-refractivity contribution is 0.0946. The number of hydrogen-bond acceptors (Lipinski definition) is 4. The summed E-state index contributed by atoms with van der Waals surface area (Å²) in [5.41, 5.74) is 7.13. The van der Waals surface area contributed by atoms with E-state index in [2.05, 4.69) is 56.6 Å². The van der Waals surface area contributed by atoms with Crippen molar-refractivity contribution in [2.75, 3.05) is 37.7 Å². The summed E-state index contributed by atoms with van der Waals surface area (Å²) in [7, 11) is 0. The lowest BCUT2D eigenvalue weighted by Gasteiger charge is -2.28. The molecule has 1 saturated heterocycles. The lowest BCUT2D eigenvalue weighted by atomic mass is 9.97. The minimum absolute atomic E-state index is 0.00538. The van der Waals surface area contributed by atoms with Gasteiger partial charge >= 0.3 is 0 Å². The predicted molar refractivity (Wildman–Crippen MR) is 118 cm³/mol. The number of aromatic amines is 1. The van der Waals surface area contributed by atoms with Gasteiger partial charge in [0.25, 0.3) is 5.91 Å². The fourth-order valence-corrected chi connectivity index (χ4v) is 4.54. The maximum absolute atomic E-state index is 12.2. The van der Waals surface area contributed by atoms with E-state index in [0.717, 1.165) is 76.9 Å². The summed E-state index contributed by atoms with van der Waals surface area (Å²) in [6.45, 7) is 4.14. The van der Waals surface area contributed by atoms with E-state index in [9.17, 15) is 4.79 Å². The number of nitrogens with one attached hydrogen (secondary N) is 2. The fraction of sp³-hybridized carbons (Fsp3) is 0.250. The number of carbonyl (C=O) groups excluding carboxylic acids is 1. The summed E-state index contributed by atoms with van der Waals surface area (Å²) in [5, 5.41) is 5.13. The Hall–Kier alpha value is -3.38. The Kier molecular flexibility index (Phi) is 3.99. The second-order valence-corrected chi connectivity index (χ2v) is 7.95. The van der Waals surface area contributed by atoms with Crippen molar-refractivity contribution in [1.29, 1.82) is 0 Å². The maximum Gasteiger partial charge on any atom is 0.251 e. The fourth-order valence-electron chi connectivity index (χ4n) is 4.54. The largest absolute Gasteiger partial charge is 0.378 e. The molecule has 150 valence electrons.